The summed E-state index contributed by atoms with van der Waals surface area (Å²) in [4.78, 5) is 41.3. The molecule has 0 saturated carbocycles. The Balaban J connectivity index is 1.49. The maximum Gasteiger partial charge on any atom is 0.294 e. The Kier molecular flexibility index (Phi) is 7.09. The summed E-state index contributed by atoms with van der Waals surface area (Å²) in [6.07, 6.45) is 2.38. The van der Waals surface area contributed by atoms with Crippen molar-refractivity contribution in [2.24, 2.45) is 0 Å². The molecule has 0 bridgehead atoms. The number of ether oxygens (including phenoxy) is 2. The van der Waals surface area contributed by atoms with Crippen LogP contribution in [0.4, 0.5) is 4.79 Å². The fraction of sp³-hybridized carbons (Fsp3) is 0.292. The van der Waals surface area contributed by atoms with Crippen LogP contribution in [0.25, 0.3) is 6.08 Å². The number of carbonyl (C=O) groups excluding carboxylic acids is 3. The van der Waals surface area contributed by atoms with E-state index in [0.717, 1.165) is 28.6 Å². The van der Waals surface area contributed by atoms with Gasteiger partial charge >= 0.3 is 0 Å². The molecule has 2 aromatic carbocycles. The van der Waals surface area contributed by atoms with Gasteiger partial charge in [0.25, 0.3) is 11.1 Å². The predicted octanol–water partition coefficient (Wildman–Crippen LogP) is 4.48. The van der Waals surface area contributed by atoms with Crippen LogP contribution < -0.4 is 9.47 Å². The molecule has 3 amide bonds. The van der Waals surface area contributed by atoms with Crippen molar-refractivity contribution in [1.29, 1.82) is 0 Å². The van der Waals surface area contributed by atoms with E-state index in [0.29, 0.717) is 41.2 Å². The van der Waals surface area contributed by atoms with Crippen molar-refractivity contribution in [3.63, 3.8) is 0 Å². The van der Waals surface area contributed by atoms with E-state index in [9.17, 15) is 14.4 Å². The molecule has 0 atom stereocenters. The Morgan fingerprint density at radius 2 is 1.94 bits per heavy atom. The van der Waals surface area contributed by atoms with E-state index in [1.54, 1.807) is 23.1 Å². The molecule has 1 saturated heterocycles. The number of imide groups is 1. The van der Waals surface area contributed by atoms with E-state index in [4.69, 9.17) is 9.47 Å². The second kappa shape index (κ2) is 10.0. The summed E-state index contributed by atoms with van der Waals surface area (Å²) in [7, 11) is 1.54. The summed E-state index contributed by atoms with van der Waals surface area (Å²) in [6, 6.07) is 11.5. The molecule has 4 rings (SSSR count). The van der Waals surface area contributed by atoms with Gasteiger partial charge in [-0.3, -0.25) is 19.3 Å². The monoisotopic (exact) mass is 530 g/mol. The van der Waals surface area contributed by atoms with Crippen LogP contribution in [0, 0.1) is 0 Å². The molecular formula is C24H23BrN2O5S. The van der Waals surface area contributed by atoms with Crippen LogP contribution in [0.3, 0.4) is 0 Å². The maximum atomic E-state index is 12.9. The van der Waals surface area contributed by atoms with E-state index < -0.39 is 11.1 Å². The molecule has 2 aliphatic heterocycles. The number of carbonyl (C=O) groups is 3. The van der Waals surface area contributed by atoms with Crippen LogP contribution in [0.5, 0.6) is 11.5 Å². The van der Waals surface area contributed by atoms with Crippen molar-refractivity contribution in [2.45, 2.75) is 19.9 Å². The minimum absolute atomic E-state index is 0.239. The van der Waals surface area contributed by atoms with E-state index in [2.05, 4.69) is 22.0 Å². The number of amides is 3. The van der Waals surface area contributed by atoms with Crippen LogP contribution >= 0.6 is 27.7 Å². The summed E-state index contributed by atoms with van der Waals surface area (Å²) in [6.45, 7) is 3.15. The third-order valence-corrected chi connectivity index (χ3v) is 7.11. The van der Waals surface area contributed by atoms with Crippen molar-refractivity contribution in [3.05, 3.63) is 62.5 Å². The van der Waals surface area contributed by atoms with Gasteiger partial charge in [-0.2, -0.15) is 0 Å². The average Bonchev–Trinajstić information content (AvgIpc) is 3.07. The van der Waals surface area contributed by atoms with Crippen LogP contribution in [-0.4, -0.2) is 53.7 Å². The number of rotatable bonds is 6. The standard InChI is InChI=1S/C24H23BrN2O5S/c1-3-32-20-12-18(25)17(10-19(20)31-2)11-21-23(29)27(24(30)33-21)14-22(28)26-9-8-15-6-4-5-7-16(15)13-26/h4-7,10-12H,3,8-9,13-14H2,1-2H3/b21-11-. The normalized spacial score (nSPS) is 16.9. The number of thioether (sulfide) groups is 1. The molecular weight excluding hydrogens is 508 g/mol. The van der Waals surface area contributed by atoms with E-state index in [1.807, 2.05) is 25.1 Å². The highest BCUT2D eigenvalue weighted by atomic mass is 79.9. The topological polar surface area (TPSA) is 76.2 Å². The number of fused-ring (bicyclic) bond motifs is 1. The van der Waals surface area contributed by atoms with Gasteiger partial charge in [0.1, 0.15) is 6.54 Å². The van der Waals surface area contributed by atoms with E-state index >= 15 is 0 Å². The van der Waals surface area contributed by atoms with Crippen molar-refractivity contribution >= 4 is 50.8 Å². The molecule has 0 spiro atoms. The second-order valence-corrected chi connectivity index (χ2v) is 9.41. The zero-order chi connectivity index (χ0) is 23.5. The average molecular weight is 531 g/mol. The van der Waals surface area contributed by atoms with Gasteiger partial charge in [0.05, 0.1) is 18.6 Å². The minimum atomic E-state index is -0.476. The first-order chi connectivity index (χ1) is 15.9. The molecule has 0 aliphatic carbocycles. The molecule has 2 aromatic rings. The van der Waals surface area contributed by atoms with Gasteiger partial charge in [0.2, 0.25) is 5.91 Å². The first kappa shape index (κ1) is 23.4. The highest BCUT2D eigenvalue weighted by Gasteiger charge is 2.37. The van der Waals surface area contributed by atoms with Gasteiger partial charge in [0.15, 0.2) is 11.5 Å². The molecule has 2 heterocycles. The van der Waals surface area contributed by atoms with Crippen LogP contribution in [-0.2, 0) is 22.6 Å². The molecule has 0 radical (unpaired) electrons. The lowest BCUT2D eigenvalue weighted by Crippen LogP contribution is -2.44. The van der Waals surface area contributed by atoms with Gasteiger partial charge in [-0.15, -0.1) is 0 Å². The van der Waals surface area contributed by atoms with Crippen molar-refractivity contribution < 1.29 is 23.9 Å². The third-order valence-electron chi connectivity index (χ3n) is 5.52. The summed E-state index contributed by atoms with van der Waals surface area (Å²) in [5.74, 6) is 0.379. The van der Waals surface area contributed by atoms with Gasteiger partial charge < -0.3 is 14.4 Å². The largest absolute Gasteiger partial charge is 0.493 e. The van der Waals surface area contributed by atoms with Gasteiger partial charge in [-0.1, -0.05) is 40.2 Å². The second-order valence-electron chi connectivity index (χ2n) is 7.56. The Labute approximate surface area is 204 Å². The Hall–Kier alpha value is -2.78. The van der Waals surface area contributed by atoms with Gasteiger partial charge in [0, 0.05) is 17.6 Å². The number of nitrogens with zero attached hydrogens (tertiary/aromatic N) is 2. The number of hydrogen-bond donors (Lipinski definition) is 0. The van der Waals surface area contributed by atoms with Crippen molar-refractivity contribution in [1.82, 2.24) is 9.80 Å². The first-order valence-electron chi connectivity index (χ1n) is 10.5. The third kappa shape index (κ3) is 4.94. The van der Waals surface area contributed by atoms with Gasteiger partial charge in [-0.25, -0.2) is 0 Å². The molecule has 33 heavy (non-hydrogen) atoms. The fourth-order valence-corrected chi connectivity index (χ4v) is 5.08. The molecule has 7 nitrogen and oxygen atoms in total. The minimum Gasteiger partial charge on any atom is -0.493 e. The molecule has 2 aliphatic rings. The zero-order valence-corrected chi connectivity index (χ0v) is 20.7. The lowest BCUT2D eigenvalue weighted by Gasteiger charge is -2.29. The summed E-state index contributed by atoms with van der Waals surface area (Å²) in [5.41, 5.74) is 2.99. The summed E-state index contributed by atoms with van der Waals surface area (Å²) >= 11 is 4.31. The number of benzene rings is 2. The fourth-order valence-electron chi connectivity index (χ4n) is 3.81. The lowest BCUT2D eigenvalue weighted by molar-refractivity contribution is -0.136. The van der Waals surface area contributed by atoms with Crippen LogP contribution in [0.2, 0.25) is 0 Å². The molecule has 172 valence electrons. The van der Waals surface area contributed by atoms with Crippen LogP contribution in [0.15, 0.2) is 45.8 Å². The Morgan fingerprint density at radius 3 is 2.67 bits per heavy atom. The first-order valence-corrected chi connectivity index (χ1v) is 12.1. The smallest absolute Gasteiger partial charge is 0.294 e. The van der Waals surface area contributed by atoms with Crippen molar-refractivity contribution in [2.75, 3.05) is 26.8 Å². The van der Waals surface area contributed by atoms with E-state index in [1.165, 1.54) is 12.7 Å². The zero-order valence-electron chi connectivity index (χ0n) is 18.3. The SMILES string of the molecule is CCOc1cc(Br)c(/C=C2\SC(=O)N(CC(=O)N3CCc4ccccc4C3)C2=O)cc1OC. The quantitative estimate of drug-likeness (QED) is 0.512. The predicted molar refractivity (Wildman–Crippen MR) is 130 cm³/mol. The molecule has 9 heteroatoms. The number of hydrogen-bond acceptors (Lipinski definition) is 6. The van der Waals surface area contributed by atoms with E-state index in [-0.39, 0.29) is 17.4 Å². The molecule has 0 aromatic heterocycles. The maximum absolute atomic E-state index is 12.9. The summed E-state index contributed by atoms with van der Waals surface area (Å²) in [5, 5.41) is -0.453. The highest BCUT2D eigenvalue weighted by Crippen LogP contribution is 2.38. The van der Waals surface area contributed by atoms with Gasteiger partial charge in [-0.05, 0) is 60.0 Å². The van der Waals surface area contributed by atoms with Crippen molar-refractivity contribution in [3.8, 4) is 11.5 Å². The Bertz CT molecular complexity index is 1150. The Morgan fingerprint density at radius 1 is 1.18 bits per heavy atom. The molecule has 1 fully saturated rings. The lowest BCUT2D eigenvalue weighted by atomic mass is 10.00. The summed E-state index contributed by atoms with van der Waals surface area (Å²) < 4.78 is 11.6. The highest BCUT2D eigenvalue weighted by molar-refractivity contribution is 9.10. The molecule has 0 unspecified atom stereocenters. The molecule has 0 N–H and O–H groups in total. The van der Waals surface area contributed by atoms with Crippen LogP contribution in [0.1, 0.15) is 23.6 Å². The number of methoxy groups -OCH3 is 1. The number of halogens is 1.